The van der Waals surface area contributed by atoms with E-state index in [1.807, 2.05) is 0 Å². The molecule has 5 aromatic rings. The Morgan fingerprint density at radius 3 is 0.781 bits per heavy atom. The third-order valence-corrected chi connectivity index (χ3v) is 10.3. The zero-order valence-corrected chi connectivity index (χ0v) is 19.5. The summed E-state index contributed by atoms with van der Waals surface area (Å²) in [5, 5.41) is 8.33. The van der Waals surface area contributed by atoms with Crippen molar-refractivity contribution >= 4 is 47.7 Å². The average Bonchev–Trinajstić information content (AvgIpc) is 2.87. The lowest BCUT2D eigenvalue weighted by Gasteiger charge is -2.23. The highest BCUT2D eigenvalue weighted by Gasteiger charge is 2.20. The smallest absolute Gasteiger partial charge is 0.0134 e. The van der Waals surface area contributed by atoms with Gasteiger partial charge in [-0.25, -0.2) is 0 Å². The first kappa shape index (κ1) is 20.8. The van der Waals surface area contributed by atoms with Crippen LogP contribution in [0.2, 0.25) is 0 Å². The molecule has 0 saturated heterocycles. The van der Waals surface area contributed by atoms with Crippen molar-refractivity contribution in [2.45, 2.75) is 0 Å². The van der Waals surface area contributed by atoms with E-state index in [1.54, 1.807) is 0 Å². The van der Waals surface area contributed by atoms with Gasteiger partial charge in [-0.3, -0.25) is 0 Å². The fourth-order valence-electron chi connectivity index (χ4n) is 3.97. The molecule has 0 aliphatic heterocycles. The average molecular weight is 446 g/mol. The van der Waals surface area contributed by atoms with Gasteiger partial charge in [-0.05, 0) is 53.7 Å². The van der Waals surface area contributed by atoms with Crippen LogP contribution in [0.1, 0.15) is 0 Å². The largest absolute Gasteiger partial charge is 0.0622 e. The SMILES string of the molecule is c1ccc(P(c2ccccc2)c2cccc(P(c3ccccc3)c3ccccc3)c2)cc1. The van der Waals surface area contributed by atoms with Crippen molar-refractivity contribution in [3.8, 4) is 0 Å². The summed E-state index contributed by atoms with van der Waals surface area (Å²) in [5.74, 6) is 0. The van der Waals surface area contributed by atoms with Gasteiger partial charge >= 0.3 is 0 Å². The minimum absolute atomic E-state index is 0.614. The molecule has 0 aromatic heterocycles. The predicted molar refractivity (Wildman–Crippen MR) is 144 cm³/mol. The number of hydrogen-bond acceptors (Lipinski definition) is 0. The zero-order chi connectivity index (χ0) is 21.6. The van der Waals surface area contributed by atoms with Gasteiger partial charge in [0.1, 0.15) is 0 Å². The summed E-state index contributed by atoms with van der Waals surface area (Å²) in [6.45, 7) is 0. The second kappa shape index (κ2) is 10.1. The maximum Gasteiger partial charge on any atom is -0.0134 e. The summed E-state index contributed by atoms with van der Waals surface area (Å²) >= 11 is 0. The molecule has 5 rings (SSSR count). The molecule has 0 fully saturated rings. The Hall–Kier alpha value is -3.04. The molecule has 0 atom stereocenters. The van der Waals surface area contributed by atoms with Gasteiger partial charge in [0.15, 0.2) is 0 Å². The molecule has 154 valence electrons. The molecule has 32 heavy (non-hydrogen) atoms. The monoisotopic (exact) mass is 446 g/mol. The molecule has 0 unspecified atom stereocenters. The lowest BCUT2D eigenvalue weighted by atomic mass is 10.3. The molecule has 0 bridgehead atoms. The molecule has 0 aliphatic carbocycles. The molecule has 0 spiro atoms. The van der Waals surface area contributed by atoms with E-state index in [4.69, 9.17) is 0 Å². The van der Waals surface area contributed by atoms with E-state index in [2.05, 4.69) is 146 Å². The summed E-state index contributed by atoms with van der Waals surface area (Å²) < 4.78 is 0. The zero-order valence-electron chi connectivity index (χ0n) is 17.8. The van der Waals surface area contributed by atoms with Crippen molar-refractivity contribution < 1.29 is 0 Å². The van der Waals surface area contributed by atoms with Crippen LogP contribution in [0.5, 0.6) is 0 Å². The van der Waals surface area contributed by atoms with Gasteiger partial charge in [-0.2, -0.15) is 0 Å². The Morgan fingerprint density at radius 1 is 0.250 bits per heavy atom. The molecule has 0 N–H and O–H groups in total. The topological polar surface area (TPSA) is 0 Å². The molecular weight excluding hydrogens is 422 g/mol. The maximum absolute atomic E-state index is 2.46. The third-order valence-electron chi connectivity index (χ3n) is 5.40. The first-order chi connectivity index (χ1) is 15.9. The predicted octanol–water partition coefficient (Wildman–Crippen LogP) is 5.20. The second-order valence-electron chi connectivity index (χ2n) is 7.53. The Labute approximate surface area is 193 Å². The number of benzene rings is 5. The summed E-state index contributed by atoms with van der Waals surface area (Å²) in [6.07, 6.45) is 0. The number of hydrogen-bond donors (Lipinski definition) is 0. The van der Waals surface area contributed by atoms with Crippen molar-refractivity contribution in [3.05, 3.63) is 146 Å². The summed E-state index contributed by atoms with van der Waals surface area (Å²) in [5.41, 5.74) is 0. The molecule has 0 aliphatic rings. The van der Waals surface area contributed by atoms with Crippen LogP contribution in [0, 0.1) is 0 Å². The quantitative estimate of drug-likeness (QED) is 0.315. The van der Waals surface area contributed by atoms with E-state index in [9.17, 15) is 0 Å². The minimum atomic E-state index is -0.614. The van der Waals surface area contributed by atoms with E-state index in [1.165, 1.54) is 31.8 Å². The third kappa shape index (κ3) is 4.58. The first-order valence-corrected chi connectivity index (χ1v) is 13.5. The lowest BCUT2D eigenvalue weighted by molar-refractivity contribution is 1.74. The fraction of sp³-hybridized carbons (Fsp3) is 0. The molecular formula is C30H24P2. The van der Waals surface area contributed by atoms with E-state index >= 15 is 0 Å². The van der Waals surface area contributed by atoms with Crippen LogP contribution in [-0.4, -0.2) is 0 Å². The van der Waals surface area contributed by atoms with Crippen LogP contribution in [-0.2, 0) is 0 Å². The van der Waals surface area contributed by atoms with Gasteiger partial charge in [0.05, 0.1) is 0 Å². The Bertz CT molecular complexity index is 1080. The van der Waals surface area contributed by atoms with Crippen LogP contribution in [0.25, 0.3) is 0 Å². The van der Waals surface area contributed by atoms with E-state index in [0.717, 1.165) is 0 Å². The Balaban J connectivity index is 1.65. The maximum atomic E-state index is 2.46. The van der Waals surface area contributed by atoms with Crippen molar-refractivity contribution in [1.82, 2.24) is 0 Å². The molecule has 5 aromatic carbocycles. The summed E-state index contributed by atoms with van der Waals surface area (Å²) in [6, 6.07) is 53.0. The van der Waals surface area contributed by atoms with Crippen molar-refractivity contribution in [1.29, 1.82) is 0 Å². The minimum Gasteiger partial charge on any atom is -0.0622 e. The Morgan fingerprint density at radius 2 is 0.500 bits per heavy atom. The normalized spacial score (nSPS) is 11.1. The highest BCUT2D eigenvalue weighted by Crippen LogP contribution is 2.36. The molecule has 0 amide bonds. The van der Waals surface area contributed by atoms with Crippen LogP contribution in [0.15, 0.2) is 146 Å². The van der Waals surface area contributed by atoms with Crippen LogP contribution in [0.3, 0.4) is 0 Å². The highest BCUT2D eigenvalue weighted by molar-refractivity contribution is 7.81. The lowest BCUT2D eigenvalue weighted by Crippen LogP contribution is -2.26. The van der Waals surface area contributed by atoms with E-state index in [-0.39, 0.29) is 0 Å². The van der Waals surface area contributed by atoms with Gasteiger partial charge in [0, 0.05) is 0 Å². The second-order valence-corrected chi connectivity index (χ2v) is 12.0. The van der Waals surface area contributed by atoms with Gasteiger partial charge in [-0.15, -0.1) is 0 Å². The van der Waals surface area contributed by atoms with Crippen molar-refractivity contribution in [3.63, 3.8) is 0 Å². The first-order valence-electron chi connectivity index (χ1n) is 10.8. The van der Waals surface area contributed by atoms with Crippen LogP contribution >= 0.6 is 15.8 Å². The van der Waals surface area contributed by atoms with Gasteiger partial charge in [0.25, 0.3) is 0 Å². The highest BCUT2D eigenvalue weighted by atomic mass is 31.1. The summed E-state index contributed by atoms with van der Waals surface area (Å²) in [7, 11) is -1.23. The van der Waals surface area contributed by atoms with Crippen LogP contribution < -0.4 is 31.8 Å². The molecule has 0 saturated carbocycles. The van der Waals surface area contributed by atoms with Gasteiger partial charge < -0.3 is 0 Å². The van der Waals surface area contributed by atoms with Gasteiger partial charge in [-0.1, -0.05) is 140 Å². The van der Waals surface area contributed by atoms with E-state index in [0.29, 0.717) is 0 Å². The summed E-state index contributed by atoms with van der Waals surface area (Å²) in [4.78, 5) is 0. The van der Waals surface area contributed by atoms with Crippen molar-refractivity contribution in [2.24, 2.45) is 0 Å². The van der Waals surface area contributed by atoms with Crippen molar-refractivity contribution in [2.75, 3.05) is 0 Å². The standard InChI is InChI=1S/C30H24P2/c1-5-14-25(15-6-1)31(26-16-7-2-8-17-26)29-22-13-23-30(24-29)32(27-18-9-3-10-19-27)28-20-11-4-12-21-28/h1-24H. The molecule has 0 nitrogen and oxygen atoms in total. The molecule has 2 heteroatoms. The Kier molecular flexibility index (Phi) is 6.55. The molecule has 0 radical (unpaired) electrons. The number of rotatable bonds is 6. The fourth-order valence-corrected chi connectivity index (χ4v) is 8.75. The molecule has 0 heterocycles. The van der Waals surface area contributed by atoms with Crippen LogP contribution in [0.4, 0.5) is 0 Å². The van der Waals surface area contributed by atoms with E-state index < -0.39 is 15.8 Å². The van der Waals surface area contributed by atoms with Gasteiger partial charge in [0.2, 0.25) is 0 Å².